The van der Waals surface area contributed by atoms with E-state index in [2.05, 4.69) is 23.3 Å². The standard InChI is InChI=1S/C37H43N3O9S/c1-25(2)20-29(39-35(45)48-23-27-16-10-6-11-17-27)32(42)37(34(44)38-3,22-26-14-8-5-9-15-26)40(33(43)30(50)21-31(41)47-4)36(46)49-24-28-18-12-7-13-19-28/h5-19,25,29-30,50H,20-24H2,1-4H3,(H,38,44)(H,39,45)/t29-,30?,37+/m0/s1. The van der Waals surface area contributed by atoms with E-state index in [4.69, 9.17) is 14.2 Å². The van der Waals surface area contributed by atoms with Crippen LogP contribution in [-0.2, 0) is 53.0 Å². The number of carbonyl (C=O) groups excluding carboxylic acids is 6. The van der Waals surface area contributed by atoms with Crippen LogP contribution < -0.4 is 10.6 Å². The zero-order chi connectivity index (χ0) is 36.7. The van der Waals surface area contributed by atoms with Gasteiger partial charge in [-0.2, -0.15) is 12.6 Å². The summed E-state index contributed by atoms with van der Waals surface area (Å²) in [4.78, 5) is 83.8. The number of imide groups is 1. The summed E-state index contributed by atoms with van der Waals surface area (Å²) in [5, 5.41) is 3.49. The number of ether oxygens (including phenoxy) is 3. The molecule has 0 radical (unpaired) electrons. The van der Waals surface area contributed by atoms with Crippen molar-refractivity contribution in [3.8, 4) is 0 Å². The average molecular weight is 706 g/mol. The highest BCUT2D eigenvalue weighted by molar-refractivity contribution is 7.81. The third-order valence-corrected chi connectivity index (χ3v) is 8.11. The molecule has 12 nitrogen and oxygen atoms in total. The molecule has 0 aliphatic heterocycles. The normalized spacial score (nSPS) is 13.2. The summed E-state index contributed by atoms with van der Waals surface area (Å²) in [6.07, 6.45) is -3.40. The Morgan fingerprint density at radius 1 is 0.780 bits per heavy atom. The second-order valence-corrected chi connectivity index (χ2v) is 12.5. The van der Waals surface area contributed by atoms with Gasteiger partial charge < -0.3 is 24.8 Å². The highest BCUT2D eigenvalue weighted by Crippen LogP contribution is 2.30. The van der Waals surface area contributed by atoms with Gasteiger partial charge in [-0.25, -0.2) is 14.5 Å². The number of Topliss-reactive ketones (excluding diaryl/α,β-unsaturated/α-hetero) is 1. The van der Waals surface area contributed by atoms with E-state index in [9.17, 15) is 24.0 Å². The van der Waals surface area contributed by atoms with Gasteiger partial charge in [-0.15, -0.1) is 0 Å². The Bertz CT molecular complexity index is 1610. The number of hydrogen-bond donors (Lipinski definition) is 3. The first-order chi connectivity index (χ1) is 23.9. The second-order valence-electron chi connectivity index (χ2n) is 11.9. The zero-order valence-electron chi connectivity index (χ0n) is 28.5. The predicted molar refractivity (Wildman–Crippen MR) is 188 cm³/mol. The molecule has 50 heavy (non-hydrogen) atoms. The number of thiol groups is 1. The molecule has 0 saturated heterocycles. The van der Waals surface area contributed by atoms with Gasteiger partial charge in [-0.05, 0) is 29.0 Å². The number of hydrogen-bond acceptors (Lipinski definition) is 10. The van der Waals surface area contributed by atoms with Crippen molar-refractivity contribution < 1.29 is 43.0 Å². The van der Waals surface area contributed by atoms with Crippen LogP contribution in [0.2, 0.25) is 0 Å². The molecule has 13 heteroatoms. The molecule has 3 rings (SSSR count). The SMILES string of the molecule is CNC(=O)[C@@](Cc1ccccc1)(C(=O)[C@H](CC(C)C)NC(=O)OCc1ccccc1)N(C(=O)OCc1ccccc1)C(=O)C(S)CC(=O)OC. The molecule has 4 amide bonds. The van der Waals surface area contributed by atoms with Gasteiger partial charge >= 0.3 is 18.2 Å². The molecule has 0 aliphatic carbocycles. The Hall–Kier alpha value is -5.17. The Balaban J connectivity index is 2.19. The molecule has 0 spiro atoms. The van der Waals surface area contributed by atoms with Crippen LogP contribution in [0.5, 0.6) is 0 Å². The summed E-state index contributed by atoms with van der Waals surface area (Å²) in [6.45, 7) is 3.17. The van der Waals surface area contributed by atoms with Crippen molar-refractivity contribution in [3.63, 3.8) is 0 Å². The molecule has 0 aliphatic rings. The number of amides is 4. The van der Waals surface area contributed by atoms with Crippen molar-refractivity contribution in [1.29, 1.82) is 0 Å². The largest absolute Gasteiger partial charge is 0.469 e. The van der Waals surface area contributed by atoms with Crippen LogP contribution in [0.25, 0.3) is 0 Å². The lowest BCUT2D eigenvalue weighted by atomic mass is 9.78. The van der Waals surface area contributed by atoms with Crippen LogP contribution in [0.1, 0.15) is 43.4 Å². The van der Waals surface area contributed by atoms with Gasteiger partial charge in [0.05, 0.1) is 24.8 Å². The Labute approximate surface area is 297 Å². The fraction of sp³-hybridized carbons (Fsp3) is 0.351. The number of ketones is 1. The Kier molecular flexibility index (Phi) is 15.0. The van der Waals surface area contributed by atoms with Crippen LogP contribution in [0.15, 0.2) is 91.0 Å². The van der Waals surface area contributed by atoms with Gasteiger partial charge in [0.15, 0.2) is 11.3 Å². The average Bonchev–Trinajstić information content (AvgIpc) is 3.12. The van der Waals surface area contributed by atoms with Gasteiger partial charge in [0.25, 0.3) is 5.91 Å². The molecule has 3 aromatic rings. The first-order valence-corrected chi connectivity index (χ1v) is 16.5. The third kappa shape index (κ3) is 10.7. The van der Waals surface area contributed by atoms with Gasteiger partial charge in [0.1, 0.15) is 13.2 Å². The smallest absolute Gasteiger partial charge is 0.418 e. The number of nitrogens with zero attached hydrogens (tertiary/aromatic N) is 1. The monoisotopic (exact) mass is 705 g/mol. The number of esters is 1. The molecule has 3 aromatic carbocycles. The maximum atomic E-state index is 15.1. The Morgan fingerprint density at radius 3 is 1.76 bits per heavy atom. The van der Waals surface area contributed by atoms with Gasteiger partial charge in [0.2, 0.25) is 5.91 Å². The number of methoxy groups -OCH3 is 1. The summed E-state index contributed by atoms with van der Waals surface area (Å²) in [7, 11) is 2.37. The number of nitrogens with one attached hydrogen (secondary N) is 2. The minimum Gasteiger partial charge on any atom is -0.469 e. The Morgan fingerprint density at radius 2 is 1.28 bits per heavy atom. The van der Waals surface area contributed by atoms with E-state index < -0.39 is 65.4 Å². The summed E-state index contributed by atoms with van der Waals surface area (Å²) in [5.74, 6) is -4.24. The van der Waals surface area contributed by atoms with Gasteiger partial charge in [-0.3, -0.25) is 19.2 Å². The van der Waals surface area contributed by atoms with E-state index in [1.165, 1.54) is 7.05 Å². The van der Waals surface area contributed by atoms with Crippen LogP contribution in [0.4, 0.5) is 9.59 Å². The van der Waals surface area contributed by atoms with Crippen molar-refractivity contribution in [1.82, 2.24) is 15.5 Å². The maximum Gasteiger partial charge on any atom is 0.418 e. The van der Waals surface area contributed by atoms with Crippen molar-refractivity contribution in [2.75, 3.05) is 14.2 Å². The van der Waals surface area contributed by atoms with E-state index in [1.54, 1.807) is 98.8 Å². The van der Waals surface area contributed by atoms with E-state index in [1.807, 2.05) is 6.07 Å². The number of benzene rings is 3. The lowest BCUT2D eigenvalue weighted by Crippen LogP contribution is -2.72. The molecule has 266 valence electrons. The van der Waals surface area contributed by atoms with E-state index in [0.717, 1.165) is 7.11 Å². The number of alkyl carbamates (subject to hydrolysis) is 1. The molecule has 3 atom stereocenters. The minimum absolute atomic E-state index is 0.000359. The molecule has 2 N–H and O–H groups in total. The lowest BCUT2D eigenvalue weighted by molar-refractivity contribution is -0.154. The van der Waals surface area contributed by atoms with Crippen LogP contribution in [0.3, 0.4) is 0 Å². The van der Waals surface area contributed by atoms with Crippen LogP contribution in [0, 0.1) is 5.92 Å². The summed E-state index contributed by atoms with van der Waals surface area (Å²) in [5.41, 5.74) is -0.992. The first-order valence-electron chi connectivity index (χ1n) is 16.0. The number of carbonyl (C=O) groups is 6. The third-order valence-electron chi connectivity index (χ3n) is 7.70. The fourth-order valence-electron chi connectivity index (χ4n) is 5.26. The molecular weight excluding hydrogens is 662 g/mol. The van der Waals surface area contributed by atoms with Crippen molar-refractivity contribution >= 4 is 48.4 Å². The molecular formula is C37H43N3O9S. The fourth-order valence-corrected chi connectivity index (χ4v) is 5.53. The summed E-state index contributed by atoms with van der Waals surface area (Å²) in [6, 6.07) is 24.3. The highest BCUT2D eigenvalue weighted by atomic mass is 32.1. The topological polar surface area (TPSA) is 157 Å². The lowest BCUT2D eigenvalue weighted by Gasteiger charge is -2.41. The summed E-state index contributed by atoms with van der Waals surface area (Å²) >= 11 is 4.31. The molecule has 0 bridgehead atoms. The first kappa shape index (κ1) is 39.3. The maximum absolute atomic E-state index is 15.1. The van der Waals surface area contributed by atoms with Gasteiger partial charge in [0, 0.05) is 13.5 Å². The van der Waals surface area contributed by atoms with Gasteiger partial charge in [-0.1, -0.05) is 105 Å². The quantitative estimate of drug-likeness (QED) is 0.0836. The second kappa shape index (κ2) is 19.1. The minimum atomic E-state index is -2.65. The zero-order valence-corrected chi connectivity index (χ0v) is 29.4. The van der Waals surface area contributed by atoms with Crippen molar-refractivity contribution in [2.24, 2.45) is 5.92 Å². The van der Waals surface area contributed by atoms with Crippen LogP contribution in [-0.4, -0.2) is 71.6 Å². The highest BCUT2D eigenvalue weighted by Gasteiger charge is 2.58. The number of likely N-dealkylation sites (N-methyl/N-ethyl adjacent to an activating group) is 1. The molecule has 0 saturated carbocycles. The molecule has 0 aromatic heterocycles. The van der Waals surface area contributed by atoms with Crippen molar-refractivity contribution in [2.45, 2.75) is 63.2 Å². The van der Waals surface area contributed by atoms with E-state index in [-0.39, 0.29) is 25.6 Å². The van der Waals surface area contributed by atoms with E-state index >= 15 is 4.79 Å². The molecule has 1 unspecified atom stereocenters. The van der Waals surface area contributed by atoms with Crippen molar-refractivity contribution in [3.05, 3.63) is 108 Å². The molecule has 0 fully saturated rings. The molecule has 0 heterocycles. The summed E-state index contributed by atoms with van der Waals surface area (Å²) < 4.78 is 15.7. The predicted octanol–water partition coefficient (Wildman–Crippen LogP) is 4.65. The van der Waals surface area contributed by atoms with E-state index in [0.29, 0.717) is 21.6 Å². The number of rotatable bonds is 16. The van der Waals surface area contributed by atoms with Crippen LogP contribution >= 0.6 is 12.6 Å².